The first-order valence-corrected chi connectivity index (χ1v) is 26.0. The molecule has 0 amide bonds. The molecule has 17 heteroatoms. The van der Waals surface area contributed by atoms with Crippen molar-refractivity contribution in [3.63, 3.8) is 0 Å². The predicted octanol–water partition coefficient (Wildman–Crippen LogP) is 10.2. The van der Waals surface area contributed by atoms with E-state index in [1.165, 1.54) is 16.0 Å². The van der Waals surface area contributed by atoms with Crippen molar-refractivity contribution in [1.29, 1.82) is 10.8 Å². The number of benzene rings is 2. The third kappa shape index (κ3) is 13.9. The molecule has 0 radical (unpaired) electrons. The number of nitrogens with two attached hydrogens (primary N) is 2. The first-order chi connectivity index (χ1) is 34.0. The minimum absolute atomic E-state index is 0.0732. The summed E-state index contributed by atoms with van der Waals surface area (Å²) in [7, 11) is 1.00. The Morgan fingerprint density at radius 2 is 1.24 bits per heavy atom. The second-order valence-electron chi connectivity index (χ2n) is 19.8. The molecule has 0 spiro atoms. The fourth-order valence-electron chi connectivity index (χ4n) is 8.26. The number of ether oxygens (including phenoxy) is 2. The molecule has 0 fully saturated rings. The number of fused-ring (bicyclic) bond motifs is 4. The van der Waals surface area contributed by atoms with Crippen LogP contribution in [0.3, 0.4) is 0 Å². The van der Waals surface area contributed by atoms with E-state index in [1.807, 2.05) is 98.7 Å². The number of hydrogen-bond acceptors (Lipinski definition) is 15. The van der Waals surface area contributed by atoms with Crippen molar-refractivity contribution in [1.82, 2.24) is 14.8 Å². The van der Waals surface area contributed by atoms with Gasteiger partial charge in [-0.3, -0.25) is 39.9 Å². The summed E-state index contributed by atoms with van der Waals surface area (Å²) in [5.41, 5.74) is 20.1. The molecule has 0 saturated carbocycles. The van der Waals surface area contributed by atoms with Gasteiger partial charge in [0.2, 0.25) is 0 Å². The zero-order chi connectivity index (χ0) is 53.2. The number of anilines is 1. The van der Waals surface area contributed by atoms with Gasteiger partial charge in [0.1, 0.15) is 50.8 Å². The Labute approximate surface area is 433 Å². The van der Waals surface area contributed by atoms with Crippen LogP contribution < -0.4 is 16.4 Å². The van der Waals surface area contributed by atoms with Crippen molar-refractivity contribution in [2.75, 3.05) is 25.1 Å². The van der Waals surface area contributed by atoms with Crippen LogP contribution in [0.5, 0.6) is 0 Å². The lowest BCUT2D eigenvalue weighted by Crippen LogP contribution is -2.41. The number of aryl methyl sites for hydroxylation is 4. The SMILES string of the molecule is CC(=N)N1C(=N)[C@H](CC(=O)OC(C)(C)C)N=C(c2ccc(/C=C/CCN)cc2)c2c1sc(C)c2C.CO.Cc1sc2c(c1C)C(c1ccc(CCCCN)cc1)=N[C@@H](CC(=O)OC(C)(C)C)c1nnc(C)n1-2. The molecule has 2 aromatic carbocycles. The Balaban J connectivity index is 0.000000259. The van der Waals surface area contributed by atoms with Gasteiger partial charge in [0.05, 0.1) is 24.3 Å². The summed E-state index contributed by atoms with van der Waals surface area (Å²) in [6.07, 6.45) is 8.04. The van der Waals surface area contributed by atoms with Gasteiger partial charge in [-0.1, -0.05) is 60.7 Å². The van der Waals surface area contributed by atoms with E-state index in [0.717, 1.165) is 105 Å². The summed E-state index contributed by atoms with van der Waals surface area (Å²) in [6, 6.07) is 15.4. The third-order valence-electron chi connectivity index (χ3n) is 11.8. The molecule has 0 unspecified atom stereocenters. The highest BCUT2D eigenvalue weighted by atomic mass is 32.1. The number of unbranched alkanes of at least 4 members (excludes halogenated alkanes) is 1. The fraction of sp³-hybridized carbons (Fsp3) is 0.455. The Kier molecular flexibility index (Phi) is 19.5. The number of carbonyl (C=O) groups excluding carboxylic acids is 2. The van der Waals surface area contributed by atoms with Crippen LogP contribution in [0.1, 0.15) is 153 Å². The number of nitrogens with one attached hydrogen (secondary N) is 2. The number of aliphatic hydroxyl groups is 1. The molecule has 15 nitrogen and oxygen atoms in total. The predicted molar refractivity (Wildman–Crippen MR) is 295 cm³/mol. The summed E-state index contributed by atoms with van der Waals surface area (Å²) < 4.78 is 13.2. The highest BCUT2D eigenvalue weighted by Crippen LogP contribution is 2.42. The second-order valence-corrected chi connectivity index (χ2v) is 22.2. The van der Waals surface area contributed by atoms with Gasteiger partial charge >= 0.3 is 11.9 Å². The zero-order valence-corrected chi connectivity index (χ0v) is 46.0. The lowest BCUT2D eigenvalue weighted by atomic mass is 9.97. The fourth-order valence-corrected chi connectivity index (χ4v) is 10.7. The molecule has 72 heavy (non-hydrogen) atoms. The molecule has 5 aromatic rings. The molecule has 3 aromatic heterocycles. The van der Waals surface area contributed by atoms with Gasteiger partial charge in [-0.2, -0.15) is 0 Å². The topological polar surface area (TPSA) is 231 Å². The first-order valence-electron chi connectivity index (χ1n) is 24.4. The summed E-state index contributed by atoms with van der Waals surface area (Å²) in [5, 5.41) is 35.0. The number of aliphatic imine (C=N–C) groups is 2. The zero-order valence-electron chi connectivity index (χ0n) is 44.3. The summed E-state index contributed by atoms with van der Waals surface area (Å²) >= 11 is 3.25. The van der Waals surface area contributed by atoms with Gasteiger partial charge < -0.3 is 26.0 Å². The minimum atomic E-state index is -0.774. The number of thiophene rings is 2. The van der Waals surface area contributed by atoms with E-state index in [1.54, 1.807) is 34.5 Å². The van der Waals surface area contributed by atoms with Gasteiger partial charge in [0.15, 0.2) is 5.82 Å². The van der Waals surface area contributed by atoms with Crippen molar-refractivity contribution in [2.45, 2.75) is 145 Å². The molecule has 7 N–H and O–H groups in total. The van der Waals surface area contributed by atoms with Crippen LogP contribution in [0, 0.1) is 45.4 Å². The molecule has 0 bridgehead atoms. The number of hydrogen-bond donors (Lipinski definition) is 5. The Morgan fingerprint density at radius 1 is 0.736 bits per heavy atom. The molecule has 2 atom stereocenters. The molecule has 5 heterocycles. The molecule has 7 rings (SSSR count). The number of amidine groups is 2. The van der Waals surface area contributed by atoms with Gasteiger partial charge in [-0.25, -0.2) is 0 Å². The summed E-state index contributed by atoms with van der Waals surface area (Å²) in [4.78, 5) is 39.7. The van der Waals surface area contributed by atoms with Crippen LogP contribution >= 0.6 is 22.7 Å². The molecule has 2 aliphatic rings. The van der Waals surface area contributed by atoms with E-state index in [-0.39, 0.29) is 30.5 Å². The van der Waals surface area contributed by atoms with E-state index < -0.39 is 29.3 Å². The van der Waals surface area contributed by atoms with Crippen molar-refractivity contribution in [3.8, 4) is 5.00 Å². The molecular formula is C55H74N10O5S2. The Bertz CT molecular complexity index is 2820. The van der Waals surface area contributed by atoms with Gasteiger partial charge in [0.25, 0.3) is 0 Å². The van der Waals surface area contributed by atoms with Crippen LogP contribution in [0.25, 0.3) is 11.1 Å². The molecule has 2 aliphatic heterocycles. The maximum Gasteiger partial charge on any atom is 0.308 e. The quantitative estimate of drug-likeness (QED) is 0.0324. The van der Waals surface area contributed by atoms with E-state index in [0.29, 0.717) is 12.4 Å². The minimum Gasteiger partial charge on any atom is -0.460 e. The third-order valence-corrected chi connectivity index (χ3v) is 14.1. The van der Waals surface area contributed by atoms with Crippen molar-refractivity contribution in [2.24, 2.45) is 21.5 Å². The van der Waals surface area contributed by atoms with Gasteiger partial charge in [-0.15, -0.1) is 32.9 Å². The average Bonchev–Trinajstić information content (AvgIpc) is 3.87. The normalized spacial score (nSPS) is 15.4. The highest BCUT2D eigenvalue weighted by Gasteiger charge is 2.37. The Hall–Kier alpha value is -5.98. The lowest BCUT2D eigenvalue weighted by Gasteiger charge is -2.25. The van der Waals surface area contributed by atoms with Crippen LogP contribution in [0.4, 0.5) is 5.00 Å². The average molecular weight is 1020 g/mol. The summed E-state index contributed by atoms with van der Waals surface area (Å²) in [6.45, 7) is 24.3. The van der Waals surface area contributed by atoms with Crippen molar-refractivity contribution in [3.05, 3.63) is 121 Å². The maximum absolute atomic E-state index is 12.8. The smallest absolute Gasteiger partial charge is 0.308 e. The largest absolute Gasteiger partial charge is 0.460 e. The number of aliphatic hydroxyl groups excluding tert-OH is 1. The van der Waals surface area contributed by atoms with Crippen LogP contribution in [0.15, 0.2) is 64.6 Å². The molecule has 386 valence electrons. The van der Waals surface area contributed by atoms with Crippen LogP contribution in [-0.4, -0.2) is 92.3 Å². The monoisotopic (exact) mass is 1020 g/mol. The molecule has 0 aliphatic carbocycles. The standard InChI is InChI=1S/2C27H35N5O2S.CH4O/c1-16-17(2)35-26-23(16)24(20-12-10-19(11-13-20)9-7-8-14-28)29-21(15-22(33)34-27(4,5)6)25-31-30-18(3)32(25)26;1-16-17(2)35-26-23(16)24(20-12-10-19(11-13-20)9-7-8-14-28)31-21(25(30)32(26)18(3)29)15-22(33)34-27(4,5)6;1-2/h10-13,21H,7-9,14-15,28H2,1-6H3;7,9-13,21,29-30H,8,14-15,28H2,1-6H3;2H,1H3/b;9-7+,29-18?,30-25?;/t2*21-;/m00./s1. The number of rotatable bonds is 13. The molecular weight excluding hydrogens is 945 g/mol. The number of carbonyl (C=O) groups is 2. The van der Waals surface area contributed by atoms with Crippen molar-refractivity contribution < 1.29 is 24.2 Å². The van der Waals surface area contributed by atoms with Crippen molar-refractivity contribution >= 4 is 68.8 Å². The van der Waals surface area contributed by atoms with Gasteiger partial charge in [0, 0.05) is 39.1 Å². The lowest BCUT2D eigenvalue weighted by molar-refractivity contribution is -0.156. The van der Waals surface area contributed by atoms with E-state index in [9.17, 15) is 9.59 Å². The maximum atomic E-state index is 12.8. The van der Waals surface area contributed by atoms with E-state index >= 15 is 0 Å². The first kappa shape index (κ1) is 56.9. The van der Waals surface area contributed by atoms with E-state index in [2.05, 4.69) is 52.9 Å². The number of esters is 2. The molecule has 0 saturated heterocycles. The van der Waals surface area contributed by atoms with E-state index in [4.69, 9.17) is 46.9 Å². The Morgan fingerprint density at radius 3 is 1.75 bits per heavy atom. The van der Waals surface area contributed by atoms with Gasteiger partial charge in [-0.05, 0) is 144 Å². The summed E-state index contributed by atoms with van der Waals surface area (Å²) in [5.74, 6) is 1.04. The van der Waals surface area contributed by atoms with Crippen LogP contribution in [0.2, 0.25) is 0 Å². The number of nitrogens with zero attached hydrogens (tertiary/aromatic N) is 6. The van der Waals surface area contributed by atoms with Crippen LogP contribution in [-0.2, 0) is 25.5 Å². The second kappa shape index (κ2) is 24.6. The highest BCUT2D eigenvalue weighted by molar-refractivity contribution is 7.17. The number of aromatic nitrogens is 3.